The van der Waals surface area contributed by atoms with Crippen LogP contribution in [-0.2, 0) is 13.1 Å². The highest BCUT2D eigenvalue weighted by Crippen LogP contribution is 2.25. The Balaban J connectivity index is 1.96. The number of hydrogen-bond donors (Lipinski definition) is 1. The zero-order chi connectivity index (χ0) is 13.7. The van der Waals surface area contributed by atoms with Crippen LogP contribution in [0, 0.1) is 0 Å². The van der Waals surface area contributed by atoms with Crippen LogP contribution in [0.15, 0.2) is 51.9 Å². The minimum absolute atomic E-state index is 0.0244. The van der Waals surface area contributed by atoms with Crippen molar-refractivity contribution >= 4 is 15.9 Å². The van der Waals surface area contributed by atoms with E-state index in [1.807, 2.05) is 24.3 Å². The summed E-state index contributed by atoms with van der Waals surface area (Å²) in [6.45, 7) is 1.45. The molecule has 0 aliphatic heterocycles. The predicted molar refractivity (Wildman–Crippen MR) is 78.2 cm³/mol. The van der Waals surface area contributed by atoms with Gasteiger partial charge in [0.15, 0.2) is 0 Å². The van der Waals surface area contributed by atoms with Gasteiger partial charge in [0.1, 0.15) is 12.4 Å². The minimum atomic E-state index is -0.0244. The van der Waals surface area contributed by atoms with Crippen molar-refractivity contribution in [1.29, 1.82) is 0 Å². The molecule has 0 aliphatic carbocycles. The highest BCUT2D eigenvalue weighted by atomic mass is 79.9. The molecule has 0 unspecified atom stereocenters. The van der Waals surface area contributed by atoms with Crippen LogP contribution in [0.25, 0.3) is 0 Å². The molecule has 100 valence electrons. The largest absolute Gasteiger partial charge is 0.491 e. The molecule has 0 radical (unpaired) electrons. The Morgan fingerprint density at radius 1 is 1.26 bits per heavy atom. The van der Waals surface area contributed by atoms with Crippen molar-refractivity contribution in [3.05, 3.63) is 63.0 Å². The van der Waals surface area contributed by atoms with Crippen molar-refractivity contribution in [3.8, 4) is 5.75 Å². The number of aromatic nitrogens is 1. The summed E-state index contributed by atoms with van der Waals surface area (Å²) in [4.78, 5) is 11.5. The highest BCUT2D eigenvalue weighted by molar-refractivity contribution is 9.10. The van der Waals surface area contributed by atoms with Gasteiger partial charge >= 0.3 is 0 Å². The molecule has 2 rings (SSSR count). The van der Waals surface area contributed by atoms with Crippen LogP contribution in [0.5, 0.6) is 5.75 Å². The number of hydrogen-bond acceptors (Lipinski definition) is 3. The molecule has 1 aromatic heterocycles. The van der Waals surface area contributed by atoms with Crippen LogP contribution in [0.1, 0.15) is 5.56 Å². The summed E-state index contributed by atoms with van der Waals surface area (Å²) in [6, 6.07) is 10.8. The van der Waals surface area contributed by atoms with E-state index in [0.717, 1.165) is 15.8 Å². The monoisotopic (exact) mass is 322 g/mol. The van der Waals surface area contributed by atoms with Crippen molar-refractivity contribution in [3.63, 3.8) is 0 Å². The van der Waals surface area contributed by atoms with Crippen molar-refractivity contribution < 1.29 is 4.74 Å². The molecular weight excluding hydrogens is 308 g/mol. The second-order valence-corrected chi connectivity index (χ2v) is 4.90. The molecule has 0 saturated heterocycles. The first-order chi connectivity index (χ1) is 9.20. The highest BCUT2D eigenvalue weighted by Gasteiger charge is 2.02. The van der Waals surface area contributed by atoms with Crippen LogP contribution in [0.2, 0.25) is 0 Å². The summed E-state index contributed by atoms with van der Waals surface area (Å²) >= 11 is 3.44. The number of ether oxygens (including phenoxy) is 1. The minimum Gasteiger partial charge on any atom is -0.491 e. The third kappa shape index (κ3) is 3.68. The molecule has 0 spiro atoms. The molecule has 0 saturated carbocycles. The lowest BCUT2D eigenvalue weighted by atomic mass is 10.2. The van der Waals surface area contributed by atoms with Gasteiger partial charge in [-0.05, 0) is 39.7 Å². The Labute approximate surface area is 119 Å². The van der Waals surface area contributed by atoms with E-state index in [2.05, 4.69) is 15.9 Å². The van der Waals surface area contributed by atoms with Crippen molar-refractivity contribution in [2.75, 3.05) is 6.61 Å². The Morgan fingerprint density at radius 3 is 2.79 bits per heavy atom. The molecule has 0 atom stereocenters. The first-order valence-corrected chi connectivity index (χ1v) is 6.77. The molecular formula is C14H15BrN2O2. The lowest BCUT2D eigenvalue weighted by Gasteiger charge is -2.10. The summed E-state index contributed by atoms with van der Waals surface area (Å²) in [7, 11) is 0. The number of benzene rings is 1. The van der Waals surface area contributed by atoms with Crippen LogP contribution >= 0.6 is 15.9 Å². The first kappa shape index (κ1) is 13.8. The van der Waals surface area contributed by atoms with E-state index in [1.54, 1.807) is 16.8 Å². The maximum absolute atomic E-state index is 11.5. The topological polar surface area (TPSA) is 57.2 Å². The smallest absolute Gasteiger partial charge is 0.250 e. The molecule has 0 amide bonds. The summed E-state index contributed by atoms with van der Waals surface area (Å²) in [5.74, 6) is 0.751. The van der Waals surface area contributed by atoms with Gasteiger partial charge in [0.2, 0.25) is 0 Å². The lowest BCUT2D eigenvalue weighted by molar-refractivity contribution is 0.294. The maximum Gasteiger partial charge on any atom is 0.250 e. The van der Waals surface area contributed by atoms with E-state index in [0.29, 0.717) is 19.7 Å². The van der Waals surface area contributed by atoms with Gasteiger partial charge < -0.3 is 15.0 Å². The number of nitrogens with two attached hydrogens (primary N) is 1. The molecule has 2 aromatic rings. The van der Waals surface area contributed by atoms with Crippen molar-refractivity contribution in [1.82, 2.24) is 4.57 Å². The fourth-order valence-corrected chi connectivity index (χ4v) is 2.23. The zero-order valence-corrected chi connectivity index (χ0v) is 12.0. The fourth-order valence-electron chi connectivity index (χ4n) is 1.69. The SMILES string of the molecule is NCc1ccc(OCCn2ccccc2=O)c(Br)c1. The predicted octanol–water partition coefficient (Wildman–Crippen LogP) is 2.15. The van der Waals surface area contributed by atoms with Crippen molar-refractivity contribution in [2.24, 2.45) is 5.73 Å². The standard InChI is InChI=1S/C14H15BrN2O2/c15-12-9-11(10-16)4-5-13(12)19-8-7-17-6-2-1-3-14(17)18/h1-6,9H,7-8,10,16H2. The molecule has 0 fully saturated rings. The Bertz CT molecular complexity index is 610. The van der Waals surface area contributed by atoms with Crippen LogP contribution in [-0.4, -0.2) is 11.2 Å². The summed E-state index contributed by atoms with van der Waals surface area (Å²) in [5, 5.41) is 0. The van der Waals surface area contributed by atoms with Gasteiger partial charge in [-0.15, -0.1) is 0 Å². The van der Waals surface area contributed by atoms with E-state index < -0.39 is 0 Å². The molecule has 0 bridgehead atoms. The van der Waals surface area contributed by atoms with Crippen LogP contribution in [0.4, 0.5) is 0 Å². The van der Waals surface area contributed by atoms with E-state index in [1.165, 1.54) is 6.07 Å². The number of rotatable bonds is 5. The summed E-state index contributed by atoms with van der Waals surface area (Å²) in [6.07, 6.45) is 1.75. The fraction of sp³-hybridized carbons (Fsp3) is 0.214. The van der Waals surface area contributed by atoms with Gasteiger partial charge in [0, 0.05) is 18.8 Å². The molecule has 1 aromatic carbocycles. The second-order valence-electron chi connectivity index (χ2n) is 4.05. The van der Waals surface area contributed by atoms with Crippen LogP contribution < -0.4 is 16.0 Å². The Kier molecular flexibility index (Phi) is 4.76. The van der Waals surface area contributed by atoms with E-state index in [-0.39, 0.29) is 5.56 Å². The van der Waals surface area contributed by atoms with Crippen LogP contribution in [0.3, 0.4) is 0 Å². The van der Waals surface area contributed by atoms with Crippen molar-refractivity contribution in [2.45, 2.75) is 13.1 Å². The average molecular weight is 323 g/mol. The van der Waals surface area contributed by atoms with Gasteiger partial charge in [0.05, 0.1) is 11.0 Å². The molecule has 2 N–H and O–H groups in total. The third-order valence-corrected chi connectivity index (χ3v) is 3.34. The Morgan fingerprint density at radius 2 is 2.11 bits per heavy atom. The molecule has 1 heterocycles. The van der Waals surface area contributed by atoms with Gasteiger partial charge in [-0.25, -0.2) is 0 Å². The van der Waals surface area contributed by atoms with Gasteiger partial charge in [-0.3, -0.25) is 4.79 Å². The Hall–Kier alpha value is -1.59. The third-order valence-electron chi connectivity index (χ3n) is 2.72. The number of nitrogens with zero attached hydrogens (tertiary/aromatic N) is 1. The first-order valence-electron chi connectivity index (χ1n) is 5.97. The lowest BCUT2D eigenvalue weighted by Crippen LogP contribution is -2.21. The summed E-state index contributed by atoms with van der Waals surface area (Å²) in [5.41, 5.74) is 6.58. The zero-order valence-electron chi connectivity index (χ0n) is 10.4. The van der Waals surface area contributed by atoms with E-state index >= 15 is 0 Å². The van der Waals surface area contributed by atoms with E-state index in [4.69, 9.17) is 10.5 Å². The van der Waals surface area contributed by atoms with E-state index in [9.17, 15) is 4.79 Å². The maximum atomic E-state index is 11.5. The number of pyridine rings is 1. The average Bonchev–Trinajstić information content (AvgIpc) is 2.42. The molecule has 19 heavy (non-hydrogen) atoms. The molecule has 0 aliphatic rings. The van der Waals surface area contributed by atoms with Gasteiger partial charge in [-0.2, -0.15) is 0 Å². The molecule has 5 heteroatoms. The van der Waals surface area contributed by atoms with Gasteiger partial charge in [-0.1, -0.05) is 12.1 Å². The normalized spacial score (nSPS) is 10.4. The second kappa shape index (κ2) is 6.54. The molecule has 4 nitrogen and oxygen atoms in total. The van der Waals surface area contributed by atoms with Gasteiger partial charge in [0.25, 0.3) is 5.56 Å². The number of halogens is 1. The quantitative estimate of drug-likeness (QED) is 0.917. The summed E-state index contributed by atoms with van der Waals surface area (Å²) < 4.78 is 8.13.